The van der Waals surface area contributed by atoms with E-state index in [1.54, 1.807) is 36.9 Å². The van der Waals surface area contributed by atoms with Gasteiger partial charge in [-0.1, -0.05) is 0 Å². The molecule has 0 aliphatic carbocycles. The van der Waals surface area contributed by atoms with Crippen LogP contribution >= 0.6 is 22.7 Å². The Hall–Kier alpha value is -2.38. The van der Waals surface area contributed by atoms with Gasteiger partial charge in [-0.25, -0.2) is 4.98 Å². The van der Waals surface area contributed by atoms with Gasteiger partial charge in [-0.2, -0.15) is 0 Å². The standard InChI is InChI=1S/C19H20N2O3S2/c1-11-18(17-8-6-14(26-17)10-20-12(2)22)21-19(25-11)13-5-7-15(23-3)16(9-13)24-4/h5-9H,10H2,1-4H3,(H,20,22). The molecule has 0 aliphatic heterocycles. The number of amides is 1. The Balaban J connectivity index is 1.89. The van der Waals surface area contributed by atoms with Crippen LogP contribution in [0.2, 0.25) is 0 Å². The number of benzene rings is 1. The number of thiophene rings is 1. The van der Waals surface area contributed by atoms with Crippen LogP contribution in [0.3, 0.4) is 0 Å². The number of hydrogen-bond acceptors (Lipinski definition) is 6. The Morgan fingerprint density at radius 2 is 1.88 bits per heavy atom. The van der Waals surface area contributed by atoms with Gasteiger partial charge >= 0.3 is 0 Å². The van der Waals surface area contributed by atoms with Crippen molar-refractivity contribution in [2.45, 2.75) is 20.4 Å². The van der Waals surface area contributed by atoms with E-state index in [1.165, 1.54) is 6.92 Å². The number of methoxy groups -OCH3 is 2. The van der Waals surface area contributed by atoms with Crippen LogP contribution in [0.1, 0.15) is 16.7 Å². The van der Waals surface area contributed by atoms with Crippen molar-refractivity contribution >= 4 is 28.6 Å². The molecule has 3 rings (SSSR count). The number of ether oxygens (including phenoxy) is 2. The van der Waals surface area contributed by atoms with Gasteiger partial charge in [0.05, 0.1) is 31.3 Å². The van der Waals surface area contributed by atoms with E-state index in [1.807, 2.05) is 24.3 Å². The average Bonchev–Trinajstić information content (AvgIpc) is 3.25. The summed E-state index contributed by atoms with van der Waals surface area (Å²) in [5, 5.41) is 3.76. The van der Waals surface area contributed by atoms with Crippen molar-refractivity contribution in [2.75, 3.05) is 14.2 Å². The molecule has 3 aromatic rings. The predicted octanol–water partition coefficient (Wildman–Crippen LogP) is 4.50. The van der Waals surface area contributed by atoms with E-state index in [9.17, 15) is 4.79 Å². The molecule has 2 heterocycles. The fourth-order valence-electron chi connectivity index (χ4n) is 2.53. The van der Waals surface area contributed by atoms with E-state index >= 15 is 0 Å². The highest BCUT2D eigenvalue weighted by atomic mass is 32.1. The lowest BCUT2D eigenvalue weighted by atomic mass is 10.2. The molecule has 0 bridgehead atoms. The van der Waals surface area contributed by atoms with Crippen LogP contribution in [-0.2, 0) is 11.3 Å². The molecule has 0 spiro atoms. The molecule has 0 radical (unpaired) electrons. The SMILES string of the molecule is COc1ccc(-c2nc(-c3ccc(CNC(C)=O)s3)c(C)s2)cc1OC. The minimum atomic E-state index is -0.0273. The van der Waals surface area contributed by atoms with Gasteiger partial charge in [0.25, 0.3) is 0 Å². The maximum absolute atomic E-state index is 11.1. The molecule has 136 valence electrons. The maximum atomic E-state index is 11.1. The second-order valence-electron chi connectivity index (χ2n) is 5.67. The highest BCUT2D eigenvalue weighted by molar-refractivity contribution is 7.17. The first kappa shape index (κ1) is 18.4. The lowest BCUT2D eigenvalue weighted by Gasteiger charge is -2.08. The summed E-state index contributed by atoms with van der Waals surface area (Å²) in [5.41, 5.74) is 1.98. The number of aryl methyl sites for hydroxylation is 1. The number of hydrogen-bond donors (Lipinski definition) is 1. The second kappa shape index (κ2) is 7.88. The van der Waals surface area contributed by atoms with Crippen LogP contribution < -0.4 is 14.8 Å². The van der Waals surface area contributed by atoms with Crippen LogP contribution in [-0.4, -0.2) is 25.1 Å². The smallest absolute Gasteiger partial charge is 0.217 e. The first-order valence-corrected chi connectivity index (χ1v) is 9.68. The highest BCUT2D eigenvalue weighted by Gasteiger charge is 2.15. The molecule has 1 aromatic carbocycles. The summed E-state index contributed by atoms with van der Waals surface area (Å²) in [7, 11) is 3.25. The number of thiazole rings is 1. The quantitative estimate of drug-likeness (QED) is 0.675. The summed E-state index contributed by atoms with van der Waals surface area (Å²) in [6, 6.07) is 9.91. The lowest BCUT2D eigenvalue weighted by molar-refractivity contribution is -0.119. The van der Waals surface area contributed by atoms with Crippen LogP contribution in [0.4, 0.5) is 0 Å². The molecule has 7 heteroatoms. The molecule has 0 aliphatic rings. The lowest BCUT2D eigenvalue weighted by Crippen LogP contribution is -2.17. The van der Waals surface area contributed by atoms with Gasteiger partial charge < -0.3 is 14.8 Å². The van der Waals surface area contributed by atoms with Crippen LogP contribution in [0, 0.1) is 6.92 Å². The zero-order chi connectivity index (χ0) is 18.7. The summed E-state index contributed by atoms with van der Waals surface area (Å²) in [4.78, 5) is 19.3. The van der Waals surface area contributed by atoms with Crippen LogP contribution in [0.15, 0.2) is 30.3 Å². The van der Waals surface area contributed by atoms with E-state index in [0.29, 0.717) is 18.0 Å². The molecule has 26 heavy (non-hydrogen) atoms. The molecule has 1 N–H and O–H groups in total. The summed E-state index contributed by atoms with van der Waals surface area (Å²) in [6.45, 7) is 4.14. The number of carbonyl (C=O) groups excluding carboxylic acids is 1. The minimum absolute atomic E-state index is 0.0273. The summed E-state index contributed by atoms with van der Waals surface area (Å²) in [5.74, 6) is 1.36. The van der Waals surface area contributed by atoms with Gasteiger partial charge in [-0.05, 0) is 37.3 Å². The molecule has 1 amide bonds. The average molecular weight is 389 g/mol. The fraction of sp³-hybridized carbons (Fsp3) is 0.263. The van der Waals surface area contributed by atoms with Crippen LogP contribution in [0.25, 0.3) is 21.1 Å². The molecular formula is C19H20N2O3S2. The van der Waals surface area contributed by atoms with E-state index in [-0.39, 0.29) is 5.91 Å². The third-order valence-corrected chi connectivity index (χ3v) is 5.95. The Bertz CT molecular complexity index is 931. The minimum Gasteiger partial charge on any atom is -0.493 e. The summed E-state index contributed by atoms with van der Waals surface area (Å²) < 4.78 is 10.7. The molecule has 0 unspecified atom stereocenters. The summed E-state index contributed by atoms with van der Waals surface area (Å²) in [6.07, 6.45) is 0. The van der Waals surface area contributed by atoms with Gasteiger partial charge in [0.15, 0.2) is 11.5 Å². The molecule has 2 aromatic heterocycles. The van der Waals surface area contributed by atoms with E-state index < -0.39 is 0 Å². The molecule has 0 atom stereocenters. The van der Waals surface area contributed by atoms with Gasteiger partial charge in [0, 0.05) is 22.2 Å². The van der Waals surface area contributed by atoms with Gasteiger partial charge in [0.2, 0.25) is 5.91 Å². The Labute approximate surface area is 160 Å². The zero-order valence-electron chi connectivity index (χ0n) is 15.1. The number of nitrogens with one attached hydrogen (secondary N) is 1. The third-order valence-electron chi connectivity index (χ3n) is 3.83. The Morgan fingerprint density at radius 3 is 2.58 bits per heavy atom. The van der Waals surface area contributed by atoms with Crippen molar-refractivity contribution in [1.82, 2.24) is 10.3 Å². The molecule has 5 nitrogen and oxygen atoms in total. The van der Waals surface area contributed by atoms with Gasteiger partial charge in [-0.3, -0.25) is 4.79 Å². The number of carbonyl (C=O) groups is 1. The van der Waals surface area contributed by atoms with Crippen molar-refractivity contribution in [2.24, 2.45) is 0 Å². The number of rotatable bonds is 6. The zero-order valence-corrected chi connectivity index (χ0v) is 16.7. The fourth-order valence-corrected chi connectivity index (χ4v) is 4.51. The van der Waals surface area contributed by atoms with Crippen molar-refractivity contribution in [3.63, 3.8) is 0 Å². The van der Waals surface area contributed by atoms with Crippen molar-refractivity contribution in [3.05, 3.63) is 40.1 Å². The highest BCUT2D eigenvalue weighted by Crippen LogP contribution is 2.39. The molecule has 0 fully saturated rings. The first-order chi connectivity index (χ1) is 12.5. The van der Waals surface area contributed by atoms with E-state index in [4.69, 9.17) is 14.5 Å². The Morgan fingerprint density at radius 1 is 1.12 bits per heavy atom. The summed E-state index contributed by atoms with van der Waals surface area (Å²) >= 11 is 3.30. The normalized spacial score (nSPS) is 10.6. The maximum Gasteiger partial charge on any atom is 0.217 e. The number of aromatic nitrogens is 1. The molecular weight excluding hydrogens is 368 g/mol. The van der Waals surface area contributed by atoms with Gasteiger partial charge in [-0.15, -0.1) is 22.7 Å². The monoisotopic (exact) mass is 388 g/mol. The Kier molecular flexibility index (Phi) is 5.58. The predicted molar refractivity (Wildman–Crippen MR) is 106 cm³/mol. The van der Waals surface area contributed by atoms with Crippen molar-refractivity contribution in [3.8, 4) is 32.6 Å². The van der Waals surface area contributed by atoms with E-state index in [0.717, 1.165) is 30.9 Å². The first-order valence-electron chi connectivity index (χ1n) is 8.05. The van der Waals surface area contributed by atoms with E-state index in [2.05, 4.69) is 18.3 Å². The molecule has 0 saturated heterocycles. The molecule has 0 saturated carbocycles. The van der Waals surface area contributed by atoms with Crippen LogP contribution in [0.5, 0.6) is 11.5 Å². The largest absolute Gasteiger partial charge is 0.493 e. The number of nitrogens with zero attached hydrogens (tertiary/aromatic N) is 1. The third kappa shape index (κ3) is 3.89. The topological polar surface area (TPSA) is 60.5 Å². The van der Waals surface area contributed by atoms with Crippen molar-refractivity contribution < 1.29 is 14.3 Å². The second-order valence-corrected chi connectivity index (χ2v) is 8.04. The van der Waals surface area contributed by atoms with Gasteiger partial charge in [0.1, 0.15) is 5.01 Å². The van der Waals surface area contributed by atoms with Crippen molar-refractivity contribution in [1.29, 1.82) is 0 Å².